The maximum Gasteiger partial charge on any atom is 0.275 e. The van der Waals surface area contributed by atoms with E-state index in [1.54, 1.807) is 12.1 Å². The van der Waals surface area contributed by atoms with Gasteiger partial charge in [-0.1, -0.05) is 18.5 Å². The fourth-order valence-corrected chi connectivity index (χ4v) is 1.67. The van der Waals surface area contributed by atoms with Gasteiger partial charge in [-0.3, -0.25) is 10.1 Å². The van der Waals surface area contributed by atoms with Crippen molar-refractivity contribution in [3.63, 3.8) is 0 Å². The van der Waals surface area contributed by atoms with Gasteiger partial charge in [-0.2, -0.15) is 0 Å². The van der Waals surface area contributed by atoms with Crippen molar-refractivity contribution in [1.82, 2.24) is 10.2 Å². The SMILES string of the molecule is CCN(C)CCNCc1ccc(Cl)cc1[N+](=O)[O-]. The second-order valence-electron chi connectivity index (χ2n) is 4.10. The van der Waals surface area contributed by atoms with E-state index in [0.29, 0.717) is 17.1 Å². The Labute approximate surface area is 112 Å². The molecule has 1 N–H and O–H groups in total. The van der Waals surface area contributed by atoms with Gasteiger partial charge in [0.15, 0.2) is 0 Å². The Kier molecular flexibility index (Phi) is 6.04. The fraction of sp³-hybridized carbons (Fsp3) is 0.500. The minimum absolute atomic E-state index is 0.0684. The monoisotopic (exact) mass is 271 g/mol. The third-order valence-corrected chi connectivity index (χ3v) is 3.00. The summed E-state index contributed by atoms with van der Waals surface area (Å²) in [5.74, 6) is 0. The third kappa shape index (κ3) is 4.60. The normalized spacial score (nSPS) is 10.9. The molecule has 1 rings (SSSR count). The Morgan fingerprint density at radius 3 is 2.83 bits per heavy atom. The van der Waals surface area contributed by atoms with Crippen LogP contribution in [0.2, 0.25) is 5.02 Å². The molecule has 1 aromatic rings. The lowest BCUT2D eigenvalue weighted by Crippen LogP contribution is -2.28. The van der Waals surface area contributed by atoms with Crippen LogP contribution < -0.4 is 5.32 Å². The van der Waals surface area contributed by atoms with Crippen LogP contribution in [0.1, 0.15) is 12.5 Å². The van der Waals surface area contributed by atoms with Crippen molar-refractivity contribution in [2.24, 2.45) is 0 Å². The minimum Gasteiger partial charge on any atom is -0.311 e. The first-order valence-electron chi connectivity index (χ1n) is 5.86. The van der Waals surface area contributed by atoms with Gasteiger partial charge in [0, 0.05) is 36.3 Å². The first kappa shape index (κ1) is 14.9. The van der Waals surface area contributed by atoms with Gasteiger partial charge in [-0.25, -0.2) is 0 Å². The van der Waals surface area contributed by atoms with Crippen molar-refractivity contribution in [2.45, 2.75) is 13.5 Å². The van der Waals surface area contributed by atoms with E-state index in [1.807, 2.05) is 7.05 Å². The van der Waals surface area contributed by atoms with Crippen LogP contribution in [0.5, 0.6) is 0 Å². The number of halogens is 1. The van der Waals surface area contributed by atoms with Gasteiger partial charge in [0.2, 0.25) is 0 Å². The molecule has 0 aliphatic carbocycles. The molecule has 0 aliphatic rings. The molecule has 0 aliphatic heterocycles. The number of likely N-dealkylation sites (N-methyl/N-ethyl adjacent to an activating group) is 1. The molecule has 0 saturated carbocycles. The van der Waals surface area contributed by atoms with Crippen molar-refractivity contribution in [3.05, 3.63) is 38.9 Å². The molecule has 6 heteroatoms. The number of nitro groups is 1. The zero-order chi connectivity index (χ0) is 13.5. The van der Waals surface area contributed by atoms with E-state index >= 15 is 0 Å². The molecule has 18 heavy (non-hydrogen) atoms. The topological polar surface area (TPSA) is 58.4 Å². The zero-order valence-electron chi connectivity index (χ0n) is 10.6. The number of hydrogen-bond donors (Lipinski definition) is 1. The zero-order valence-corrected chi connectivity index (χ0v) is 11.4. The molecule has 0 saturated heterocycles. The quantitative estimate of drug-likeness (QED) is 0.470. The van der Waals surface area contributed by atoms with Gasteiger partial charge < -0.3 is 10.2 Å². The van der Waals surface area contributed by atoms with Crippen LogP contribution in [-0.2, 0) is 6.54 Å². The van der Waals surface area contributed by atoms with Gasteiger partial charge in [-0.15, -0.1) is 0 Å². The van der Waals surface area contributed by atoms with Gasteiger partial charge in [0.1, 0.15) is 0 Å². The Bertz CT molecular complexity index is 412. The molecule has 1 aromatic carbocycles. The number of benzene rings is 1. The number of rotatable bonds is 7. The summed E-state index contributed by atoms with van der Waals surface area (Å²) in [5.41, 5.74) is 0.724. The average Bonchev–Trinajstić information content (AvgIpc) is 2.35. The predicted molar refractivity (Wildman–Crippen MR) is 73.0 cm³/mol. The molecule has 0 amide bonds. The Balaban J connectivity index is 2.54. The Morgan fingerprint density at radius 2 is 2.22 bits per heavy atom. The second-order valence-corrected chi connectivity index (χ2v) is 4.54. The van der Waals surface area contributed by atoms with Crippen molar-refractivity contribution in [2.75, 3.05) is 26.7 Å². The van der Waals surface area contributed by atoms with Crippen LogP contribution in [0.3, 0.4) is 0 Å². The lowest BCUT2D eigenvalue weighted by molar-refractivity contribution is -0.385. The summed E-state index contributed by atoms with van der Waals surface area (Å²) in [6.07, 6.45) is 0. The Hall–Kier alpha value is -1.17. The first-order valence-corrected chi connectivity index (χ1v) is 6.24. The number of nitrogens with zero attached hydrogens (tertiary/aromatic N) is 2. The molecular weight excluding hydrogens is 254 g/mol. The van der Waals surface area contributed by atoms with Crippen molar-refractivity contribution in [1.29, 1.82) is 0 Å². The van der Waals surface area contributed by atoms with Crippen LogP contribution in [-0.4, -0.2) is 36.5 Å². The smallest absolute Gasteiger partial charge is 0.275 e. The van der Waals surface area contributed by atoms with Gasteiger partial charge >= 0.3 is 0 Å². The van der Waals surface area contributed by atoms with E-state index in [0.717, 1.165) is 19.6 Å². The van der Waals surface area contributed by atoms with Crippen LogP contribution >= 0.6 is 11.6 Å². The molecule has 0 spiro atoms. The Morgan fingerprint density at radius 1 is 1.50 bits per heavy atom. The average molecular weight is 272 g/mol. The first-order chi connectivity index (χ1) is 8.54. The van der Waals surface area contributed by atoms with E-state index in [1.165, 1.54) is 6.07 Å². The van der Waals surface area contributed by atoms with Crippen LogP contribution in [0.15, 0.2) is 18.2 Å². The van der Waals surface area contributed by atoms with Crippen molar-refractivity contribution >= 4 is 17.3 Å². The van der Waals surface area contributed by atoms with Crippen LogP contribution in [0, 0.1) is 10.1 Å². The molecule has 0 atom stereocenters. The predicted octanol–water partition coefficient (Wildman–Crippen LogP) is 2.29. The highest BCUT2D eigenvalue weighted by molar-refractivity contribution is 6.30. The van der Waals surface area contributed by atoms with Crippen molar-refractivity contribution in [3.8, 4) is 0 Å². The molecule has 100 valence electrons. The summed E-state index contributed by atoms with van der Waals surface area (Å²) in [5, 5.41) is 14.4. The summed E-state index contributed by atoms with van der Waals surface area (Å²) >= 11 is 5.75. The largest absolute Gasteiger partial charge is 0.311 e. The summed E-state index contributed by atoms with van der Waals surface area (Å²) in [6, 6.07) is 4.75. The van der Waals surface area contributed by atoms with Crippen LogP contribution in [0.25, 0.3) is 0 Å². The van der Waals surface area contributed by atoms with E-state index < -0.39 is 4.92 Å². The maximum atomic E-state index is 10.9. The number of hydrogen-bond acceptors (Lipinski definition) is 4. The molecule has 0 unspecified atom stereocenters. The molecular formula is C12H18ClN3O2. The van der Waals surface area contributed by atoms with E-state index in [9.17, 15) is 10.1 Å². The van der Waals surface area contributed by atoms with E-state index in [4.69, 9.17) is 11.6 Å². The van der Waals surface area contributed by atoms with E-state index in [-0.39, 0.29) is 5.69 Å². The molecule has 5 nitrogen and oxygen atoms in total. The fourth-order valence-electron chi connectivity index (χ4n) is 1.51. The van der Waals surface area contributed by atoms with E-state index in [2.05, 4.69) is 17.1 Å². The van der Waals surface area contributed by atoms with Gasteiger partial charge in [-0.05, 0) is 25.7 Å². The second kappa shape index (κ2) is 7.31. The highest BCUT2D eigenvalue weighted by Crippen LogP contribution is 2.22. The molecule has 0 radical (unpaired) electrons. The molecule has 0 fully saturated rings. The lowest BCUT2D eigenvalue weighted by atomic mass is 10.2. The highest BCUT2D eigenvalue weighted by Gasteiger charge is 2.13. The summed E-state index contributed by atoms with van der Waals surface area (Å²) < 4.78 is 0. The molecule has 0 heterocycles. The molecule has 0 aromatic heterocycles. The number of nitro benzene ring substituents is 1. The number of nitrogens with one attached hydrogen (secondary N) is 1. The summed E-state index contributed by atoms with van der Waals surface area (Å²) in [6.45, 7) is 5.26. The molecule has 0 bridgehead atoms. The standard InChI is InChI=1S/C12H18ClN3O2/c1-3-15(2)7-6-14-9-10-4-5-11(13)8-12(10)16(17)18/h4-5,8,14H,3,6-7,9H2,1-2H3. The highest BCUT2D eigenvalue weighted by atomic mass is 35.5. The lowest BCUT2D eigenvalue weighted by Gasteiger charge is -2.14. The van der Waals surface area contributed by atoms with Gasteiger partial charge in [0.05, 0.1) is 4.92 Å². The third-order valence-electron chi connectivity index (χ3n) is 2.77. The summed E-state index contributed by atoms with van der Waals surface area (Å²) in [7, 11) is 2.03. The minimum atomic E-state index is -0.402. The van der Waals surface area contributed by atoms with Crippen molar-refractivity contribution < 1.29 is 4.92 Å². The van der Waals surface area contributed by atoms with Crippen LogP contribution in [0.4, 0.5) is 5.69 Å². The summed E-state index contributed by atoms with van der Waals surface area (Å²) in [4.78, 5) is 12.6. The maximum absolute atomic E-state index is 10.9. The van der Waals surface area contributed by atoms with Gasteiger partial charge in [0.25, 0.3) is 5.69 Å².